The Balaban J connectivity index is 3.22. The molecule has 0 spiro atoms. The Hall–Kier alpha value is -2.11. The largest absolute Gasteiger partial charge is 0.465 e. The zero-order valence-electron chi connectivity index (χ0n) is 8.20. The quantitative estimate of drug-likeness (QED) is 0.693. The summed E-state index contributed by atoms with van der Waals surface area (Å²) in [6.07, 6.45) is 0. The highest BCUT2D eigenvalue weighted by atomic mass is 16.5. The lowest BCUT2D eigenvalue weighted by Crippen LogP contribution is -2.16. The number of hydrogen-bond acceptors (Lipinski definition) is 5. The van der Waals surface area contributed by atoms with Crippen molar-refractivity contribution in [2.75, 3.05) is 14.2 Å². The molecule has 6 nitrogen and oxygen atoms in total. The summed E-state index contributed by atoms with van der Waals surface area (Å²) in [5, 5.41) is 0. The molecule has 0 saturated carbocycles. The highest BCUT2D eigenvalue weighted by Crippen LogP contribution is 2.01. The number of ether oxygens (including phenoxy) is 2. The number of carbonyl (C=O) groups excluding carboxylic acids is 2. The van der Waals surface area contributed by atoms with E-state index in [1.54, 1.807) is 0 Å². The molecular weight excluding hydrogens is 202 g/mol. The second-order valence-corrected chi connectivity index (χ2v) is 2.63. The third-order valence-electron chi connectivity index (χ3n) is 1.67. The maximum absolute atomic E-state index is 11.1. The first-order valence-electron chi connectivity index (χ1n) is 3.99. The molecule has 0 aliphatic rings. The number of rotatable bonds is 2. The first kappa shape index (κ1) is 11.0. The molecule has 0 fully saturated rings. The van der Waals surface area contributed by atoms with Gasteiger partial charge in [0.15, 0.2) is 0 Å². The molecule has 15 heavy (non-hydrogen) atoms. The summed E-state index contributed by atoms with van der Waals surface area (Å²) < 4.78 is 8.81. The van der Waals surface area contributed by atoms with Gasteiger partial charge in [0, 0.05) is 6.07 Å². The molecule has 0 aliphatic carbocycles. The molecule has 0 saturated heterocycles. The minimum absolute atomic E-state index is 0.00153. The van der Waals surface area contributed by atoms with E-state index < -0.39 is 17.5 Å². The van der Waals surface area contributed by atoms with E-state index in [0.29, 0.717) is 0 Å². The van der Waals surface area contributed by atoms with Crippen LogP contribution in [-0.2, 0) is 9.47 Å². The predicted octanol–water partition coefficient (Wildman–Crippen LogP) is -0.0519. The molecule has 1 rings (SSSR count). The highest BCUT2D eigenvalue weighted by Gasteiger charge is 2.12. The van der Waals surface area contributed by atoms with Gasteiger partial charge in [-0.2, -0.15) is 0 Å². The van der Waals surface area contributed by atoms with E-state index in [1.165, 1.54) is 20.3 Å². The molecule has 1 aromatic heterocycles. The first-order chi connectivity index (χ1) is 7.08. The van der Waals surface area contributed by atoms with Crippen molar-refractivity contribution in [3.63, 3.8) is 0 Å². The molecule has 1 aromatic rings. The van der Waals surface area contributed by atoms with Crippen LogP contribution in [0.5, 0.6) is 0 Å². The lowest BCUT2D eigenvalue weighted by atomic mass is 10.2. The third-order valence-corrected chi connectivity index (χ3v) is 1.67. The van der Waals surface area contributed by atoms with Gasteiger partial charge in [-0.3, -0.25) is 4.79 Å². The summed E-state index contributed by atoms with van der Waals surface area (Å²) in [5.74, 6) is -1.41. The van der Waals surface area contributed by atoms with Crippen LogP contribution in [-0.4, -0.2) is 31.1 Å². The van der Waals surface area contributed by atoms with Crippen molar-refractivity contribution in [1.82, 2.24) is 4.98 Å². The van der Waals surface area contributed by atoms with E-state index in [4.69, 9.17) is 0 Å². The maximum atomic E-state index is 11.1. The molecule has 0 aromatic carbocycles. The molecule has 0 atom stereocenters. The lowest BCUT2D eigenvalue weighted by molar-refractivity contribution is 0.0593. The zero-order chi connectivity index (χ0) is 11.4. The van der Waals surface area contributed by atoms with Crippen LogP contribution in [0.4, 0.5) is 0 Å². The molecule has 0 unspecified atom stereocenters. The minimum atomic E-state index is -0.724. The van der Waals surface area contributed by atoms with Crippen LogP contribution in [0, 0.1) is 0 Å². The molecule has 80 valence electrons. The molecular formula is C9H9NO5. The minimum Gasteiger partial charge on any atom is -0.465 e. The van der Waals surface area contributed by atoms with E-state index in [9.17, 15) is 14.4 Å². The van der Waals surface area contributed by atoms with Crippen molar-refractivity contribution < 1.29 is 19.1 Å². The summed E-state index contributed by atoms with van der Waals surface area (Å²) >= 11 is 0. The van der Waals surface area contributed by atoms with Crippen molar-refractivity contribution in [2.45, 2.75) is 0 Å². The molecule has 1 N–H and O–H groups in total. The Bertz CT molecular complexity index is 411. The smallest absolute Gasteiger partial charge is 0.354 e. The SMILES string of the molecule is COC(=O)c1cc(C(=O)OC)[nH]c(=O)c1. The molecule has 0 aliphatic heterocycles. The van der Waals surface area contributed by atoms with Crippen LogP contribution in [0.1, 0.15) is 20.8 Å². The number of aromatic amines is 1. The van der Waals surface area contributed by atoms with Crippen LogP contribution >= 0.6 is 0 Å². The summed E-state index contributed by atoms with van der Waals surface area (Å²) in [6.45, 7) is 0. The maximum Gasteiger partial charge on any atom is 0.354 e. The van der Waals surface area contributed by atoms with Crippen LogP contribution in [0.15, 0.2) is 16.9 Å². The fourth-order valence-corrected chi connectivity index (χ4v) is 0.999. The van der Waals surface area contributed by atoms with Gasteiger partial charge in [0.1, 0.15) is 5.69 Å². The summed E-state index contributed by atoms with van der Waals surface area (Å²) in [6, 6.07) is 2.23. The van der Waals surface area contributed by atoms with Gasteiger partial charge in [-0.15, -0.1) is 0 Å². The fourth-order valence-electron chi connectivity index (χ4n) is 0.999. The summed E-state index contributed by atoms with van der Waals surface area (Å²) in [7, 11) is 2.35. The van der Waals surface area contributed by atoms with Gasteiger partial charge in [0.25, 0.3) is 0 Å². The van der Waals surface area contributed by atoms with Gasteiger partial charge < -0.3 is 14.5 Å². The van der Waals surface area contributed by atoms with E-state index >= 15 is 0 Å². The van der Waals surface area contributed by atoms with E-state index in [-0.39, 0.29) is 11.3 Å². The van der Waals surface area contributed by atoms with Crippen molar-refractivity contribution >= 4 is 11.9 Å². The average Bonchev–Trinajstić information content (AvgIpc) is 2.26. The van der Waals surface area contributed by atoms with Gasteiger partial charge in [-0.05, 0) is 6.07 Å². The van der Waals surface area contributed by atoms with Crippen LogP contribution in [0.2, 0.25) is 0 Å². The lowest BCUT2D eigenvalue weighted by Gasteiger charge is -2.01. The Morgan fingerprint density at radius 1 is 1.13 bits per heavy atom. The standard InChI is InChI=1S/C9H9NO5/c1-14-8(12)5-3-6(9(13)15-2)10-7(11)4-5/h3-4H,1-2H3,(H,10,11). The fraction of sp³-hybridized carbons (Fsp3) is 0.222. The number of carbonyl (C=O) groups is 2. The number of aromatic nitrogens is 1. The summed E-state index contributed by atoms with van der Waals surface area (Å²) in [5.41, 5.74) is -0.662. The molecule has 1 heterocycles. The second-order valence-electron chi connectivity index (χ2n) is 2.63. The first-order valence-corrected chi connectivity index (χ1v) is 3.99. The Labute approximate surface area is 84.8 Å². The van der Waals surface area contributed by atoms with Gasteiger partial charge in [0.05, 0.1) is 19.8 Å². The van der Waals surface area contributed by atoms with Gasteiger partial charge in [-0.25, -0.2) is 9.59 Å². The molecule has 0 radical (unpaired) electrons. The third kappa shape index (κ3) is 2.43. The number of hydrogen-bond donors (Lipinski definition) is 1. The van der Waals surface area contributed by atoms with E-state index in [1.807, 2.05) is 0 Å². The zero-order valence-corrected chi connectivity index (χ0v) is 8.20. The Kier molecular flexibility index (Phi) is 3.22. The Morgan fingerprint density at radius 2 is 1.73 bits per heavy atom. The van der Waals surface area contributed by atoms with E-state index in [2.05, 4.69) is 14.5 Å². The monoisotopic (exact) mass is 211 g/mol. The molecule has 6 heteroatoms. The molecule has 0 bridgehead atoms. The Morgan fingerprint density at radius 3 is 2.27 bits per heavy atom. The van der Waals surface area contributed by atoms with Gasteiger partial charge in [-0.1, -0.05) is 0 Å². The van der Waals surface area contributed by atoms with Crippen LogP contribution in [0.3, 0.4) is 0 Å². The number of H-pyrrole nitrogens is 1. The number of methoxy groups -OCH3 is 2. The van der Waals surface area contributed by atoms with Crippen LogP contribution < -0.4 is 5.56 Å². The van der Waals surface area contributed by atoms with Gasteiger partial charge in [0.2, 0.25) is 5.56 Å². The highest BCUT2D eigenvalue weighted by molar-refractivity contribution is 5.93. The van der Waals surface area contributed by atoms with Crippen molar-refractivity contribution in [3.8, 4) is 0 Å². The van der Waals surface area contributed by atoms with Crippen LogP contribution in [0.25, 0.3) is 0 Å². The average molecular weight is 211 g/mol. The normalized spacial score (nSPS) is 9.47. The van der Waals surface area contributed by atoms with Crippen molar-refractivity contribution in [1.29, 1.82) is 0 Å². The second kappa shape index (κ2) is 4.41. The number of nitrogens with one attached hydrogen (secondary N) is 1. The summed E-state index contributed by atoms with van der Waals surface area (Å²) in [4.78, 5) is 35.5. The topological polar surface area (TPSA) is 85.5 Å². The van der Waals surface area contributed by atoms with E-state index in [0.717, 1.165) is 6.07 Å². The van der Waals surface area contributed by atoms with Crippen molar-refractivity contribution in [3.05, 3.63) is 33.7 Å². The van der Waals surface area contributed by atoms with Gasteiger partial charge >= 0.3 is 11.9 Å². The molecule has 0 amide bonds. The number of esters is 2. The van der Waals surface area contributed by atoms with Crippen molar-refractivity contribution in [2.24, 2.45) is 0 Å². The number of pyridine rings is 1. The predicted molar refractivity (Wildman–Crippen MR) is 49.7 cm³/mol.